The molecule has 0 saturated carbocycles. The highest BCUT2D eigenvalue weighted by Crippen LogP contribution is 2.16. The molecule has 0 radical (unpaired) electrons. The van der Waals surface area contributed by atoms with Gasteiger partial charge in [0.25, 0.3) is 0 Å². The average molecular weight is 314 g/mol. The largest absolute Gasteiger partial charge is 0.492 e. The van der Waals surface area contributed by atoms with Gasteiger partial charge in [0.1, 0.15) is 12.4 Å². The van der Waals surface area contributed by atoms with E-state index >= 15 is 0 Å². The van der Waals surface area contributed by atoms with Crippen molar-refractivity contribution < 1.29 is 23.0 Å². The first kappa shape index (κ1) is 16.5. The van der Waals surface area contributed by atoms with Crippen LogP contribution in [0.3, 0.4) is 0 Å². The Kier molecular flexibility index (Phi) is 5.94. The van der Waals surface area contributed by atoms with Gasteiger partial charge in [0.05, 0.1) is 18.7 Å². The highest BCUT2D eigenvalue weighted by atomic mass is 19.2. The van der Waals surface area contributed by atoms with E-state index in [-0.39, 0.29) is 37.1 Å². The van der Waals surface area contributed by atoms with Gasteiger partial charge >= 0.3 is 6.03 Å². The van der Waals surface area contributed by atoms with Crippen LogP contribution in [0.2, 0.25) is 0 Å². The van der Waals surface area contributed by atoms with Crippen LogP contribution in [0.1, 0.15) is 19.8 Å². The van der Waals surface area contributed by atoms with E-state index < -0.39 is 11.6 Å². The van der Waals surface area contributed by atoms with Crippen LogP contribution in [0.15, 0.2) is 18.2 Å². The molecule has 1 fully saturated rings. The van der Waals surface area contributed by atoms with Gasteiger partial charge in [-0.2, -0.15) is 0 Å². The first-order valence-corrected chi connectivity index (χ1v) is 7.30. The number of ether oxygens (including phenoxy) is 2. The molecule has 0 bridgehead atoms. The maximum atomic E-state index is 13.0. The second kappa shape index (κ2) is 7.93. The van der Waals surface area contributed by atoms with Gasteiger partial charge in [-0.25, -0.2) is 13.6 Å². The molecule has 0 unspecified atom stereocenters. The molecule has 22 heavy (non-hydrogen) atoms. The van der Waals surface area contributed by atoms with Crippen LogP contribution >= 0.6 is 0 Å². The van der Waals surface area contributed by atoms with E-state index in [9.17, 15) is 13.6 Å². The summed E-state index contributed by atoms with van der Waals surface area (Å²) in [6.45, 7) is 3.05. The fourth-order valence-electron chi connectivity index (χ4n) is 2.25. The minimum absolute atomic E-state index is 0.0594. The second-order valence-corrected chi connectivity index (χ2v) is 5.16. The molecule has 1 aromatic carbocycles. The van der Waals surface area contributed by atoms with Crippen molar-refractivity contribution in [1.29, 1.82) is 0 Å². The van der Waals surface area contributed by atoms with Gasteiger partial charge in [-0.3, -0.25) is 0 Å². The molecule has 2 atom stereocenters. The summed E-state index contributed by atoms with van der Waals surface area (Å²) in [5.74, 6) is -1.67. The zero-order valence-electron chi connectivity index (χ0n) is 12.4. The topological polar surface area (TPSA) is 59.6 Å². The van der Waals surface area contributed by atoms with Crippen LogP contribution in [0.5, 0.6) is 5.75 Å². The fraction of sp³-hybridized carbons (Fsp3) is 0.533. The molecule has 1 aliphatic heterocycles. The van der Waals surface area contributed by atoms with E-state index in [0.29, 0.717) is 0 Å². The molecule has 1 saturated heterocycles. The molecular weight excluding hydrogens is 294 g/mol. The highest BCUT2D eigenvalue weighted by Gasteiger charge is 2.23. The molecule has 122 valence electrons. The lowest BCUT2D eigenvalue weighted by Crippen LogP contribution is -2.46. The van der Waals surface area contributed by atoms with Crippen molar-refractivity contribution in [2.75, 3.05) is 19.8 Å². The standard InChI is InChI=1S/C15H20F2N2O3/c1-10(14-3-2-7-22-14)19-15(20)18-6-8-21-11-4-5-12(16)13(17)9-11/h4-5,9-10,14H,2-3,6-8H2,1H3,(H2,18,19,20)/t10-,14-/m1/s1. The average Bonchev–Trinajstić information content (AvgIpc) is 3.01. The molecule has 5 nitrogen and oxygen atoms in total. The molecule has 2 N–H and O–H groups in total. The molecule has 1 heterocycles. The van der Waals surface area contributed by atoms with Crippen molar-refractivity contribution in [2.45, 2.75) is 31.9 Å². The summed E-state index contributed by atoms with van der Waals surface area (Å²) in [7, 11) is 0. The quantitative estimate of drug-likeness (QED) is 0.792. The van der Waals surface area contributed by atoms with Crippen molar-refractivity contribution in [3.63, 3.8) is 0 Å². The van der Waals surface area contributed by atoms with Crippen molar-refractivity contribution in [3.05, 3.63) is 29.8 Å². The number of nitrogens with one attached hydrogen (secondary N) is 2. The van der Waals surface area contributed by atoms with Gasteiger partial charge in [-0.1, -0.05) is 0 Å². The number of rotatable bonds is 6. The van der Waals surface area contributed by atoms with Crippen molar-refractivity contribution >= 4 is 6.03 Å². The van der Waals surface area contributed by atoms with Crippen LogP contribution in [0, 0.1) is 11.6 Å². The van der Waals surface area contributed by atoms with Gasteiger partial charge in [-0.15, -0.1) is 0 Å². The Morgan fingerprint density at radius 1 is 1.45 bits per heavy atom. The van der Waals surface area contributed by atoms with Crippen LogP contribution in [-0.4, -0.2) is 37.9 Å². The van der Waals surface area contributed by atoms with Crippen LogP contribution in [0.25, 0.3) is 0 Å². The summed E-state index contributed by atoms with van der Waals surface area (Å²) in [6.07, 6.45) is 2.02. The Hall–Kier alpha value is -1.89. The normalized spacial score (nSPS) is 18.8. The number of hydrogen-bond acceptors (Lipinski definition) is 3. The van der Waals surface area contributed by atoms with Crippen LogP contribution < -0.4 is 15.4 Å². The monoisotopic (exact) mass is 314 g/mol. The molecule has 0 spiro atoms. The minimum Gasteiger partial charge on any atom is -0.492 e. The third kappa shape index (κ3) is 4.84. The predicted molar refractivity (Wildman–Crippen MR) is 76.8 cm³/mol. The number of carbonyl (C=O) groups is 1. The first-order chi connectivity index (χ1) is 10.6. The Labute approximate surface area is 128 Å². The lowest BCUT2D eigenvalue weighted by Gasteiger charge is -2.20. The van der Waals surface area contributed by atoms with Crippen molar-refractivity contribution in [3.8, 4) is 5.75 Å². The van der Waals surface area contributed by atoms with Crippen LogP contribution in [0.4, 0.5) is 13.6 Å². The number of halogens is 2. The lowest BCUT2D eigenvalue weighted by atomic mass is 10.1. The Bertz CT molecular complexity index is 508. The summed E-state index contributed by atoms with van der Waals surface area (Å²) in [4.78, 5) is 11.7. The summed E-state index contributed by atoms with van der Waals surface area (Å²) < 4.78 is 36.4. The predicted octanol–water partition coefficient (Wildman–Crippen LogP) is 2.21. The molecule has 1 aliphatic rings. The summed E-state index contributed by atoms with van der Waals surface area (Å²) >= 11 is 0. The van der Waals surface area contributed by atoms with E-state index in [4.69, 9.17) is 9.47 Å². The molecule has 0 aliphatic carbocycles. The zero-order valence-corrected chi connectivity index (χ0v) is 12.4. The van der Waals surface area contributed by atoms with Gasteiger partial charge < -0.3 is 20.1 Å². The smallest absolute Gasteiger partial charge is 0.315 e. The fourth-order valence-corrected chi connectivity index (χ4v) is 2.25. The van der Waals surface area contributed by atoms with E-state index in [1.165, 1.54) is 6.07 Å². The minimum atomic E-state index is -0.964. The number of urea groups is 1. The van der Waals surface area contributed by atoms with Crippen molar-refractivity contribution in [2.24, 2.45) is 0 Å². The Morgan fingerprint density at radius 3 is 2.95 bits per heavy atom. The molecule has 2 rings (SSSR count). The molecule has 0 aromatic heterocycles. The maximum absolute atomic E-state index is 13.0. The van der Waals surface area contributed by atoms with Gasteiger partial charge in [-0.05, 0) is 31.9 Å². The Balaban J connectivity index is 1.63. The van der Waals surface area contributed by atoms with Crippen molar-refractivity contribution in [1.82, 2.24) is 10.6 Å². The summed E-state index contributed by atoms with van der Waals surface area (Å²) in [6, 6.07) is 2.92. The molecular formula is C15H20F2N2O3. The molecule has 2 amide bonds. The third-order valence-electron chi connectivity index (χ3n) is 3.43. The number of hydrogen-bond donors (Lipinski definition) is 2. The van der Waals surface area contributed by atoms with Crippen LogP contribution in [-0.2, 0) is 4.74 Å². The SMILES string of the molecule is C[C@@H](NC(=O)NCCOc1ccc(F)c(F)c1)[C@H]1CCCO1. The summed E-state index contributed by atoms with van der Waals surface area (Å²) in [5.41, 5.74) is 0. The zero-order chi connectivity index (χ0) is 15.9. The number of carbonyl (C=O) groups excluding carboxylic acids is 1. The highest BCUT2D eigenvalue weighted by molar-refractivity contribution is 5.74. The molecule has 7 heteroatoms. The van der Waals surface area contributed by atoms with E-state index in [0.717, 1.165) is 31.6 Å². The van der Waals surface area contributed by atoms with Gasteiger partial charge in [0.15, 0.2) is 11.6 Å². The lowest BCUT2D eigenvalue weighted by molar-refractivity contribution is 0.0860. The van der Waals surface area contributed by atoms with E-state index in [1.54, 1.807) is 0 Å². The first-order valence-electron chi connectivity index (χ1n) is 7.30. The number of benzene rings is 1. The second-order valence-electron chi connectivity index (χ2n) is 5.16. The van der Waals surface area contributed by atoms with Gasteiger partial charge in [0.2, 0.25) is 0 Å². The number of amides is 2. The summed E-state index contributed by atoms with van der Waals surface area (Å²) in [5, 5.41) is 5.43. The van der Waals surface area contributed by atoms with E-state index in [2.05, 4.69) is 10.6 Å². The third-order valence-corrected chi connectivity index (χ3v) is 3.43. The Morgan fingerprint density at radius 2 is 2.27 bits per heavy atom. The van der Waals surface area contributed by atoms with Gasteiger partial charge in [0, 0.05) is 12.7 Å². The maximum Gasteiger partial charge on any atom is 0.315 e. The molecule has 1 aromatic rings. The van der Waals surface area contributed by atoms with E-state index in [1.807, 2.05) is 6.92 Å².